The summed E-state index contributed by atoms with van der Waals surface area (Å²) in [6.07, 6.45) is 1.83. The van der Waals surface area contributed by atoms with Gasteiger partial charge in [0.2, 0.25) is 5.91 Å². The second kappa shape index (κ2) is 8.87. The van der Waals surface area contributed by atoms with E-state index in [1.54, 1.807) is 12.1 Å². The predicted octanol–water partition coefficient (Wildman–Crippen LogP) is 3.38. The van der Waals surface area contributed by atoms with Crippen LogP contribution in [0.4, 0.5) is 0 Å². The molecule has 0 fully saturated rings. The molecular formula is C20H24N2O2. The van der Waals surface area contributed by atoms with E-state index in [-0.39, 0.29) is 24.4 Å². The fraction of sp³-hybridized carbons (Fsp3) is 0.300. The zero-order chi connectivity index (χ0) is 17.4. The molecule has 4 nitrogen and oxygen atoms in total. The van der Waals surface area contributed by atoms with Crippen LogP contribution in [-0.2, 0) is 4.79 Å². The Morgan fingerprint density at radius 2 is 1.67 bits per heavy atom. The van der Waals surface area contributed by atoms with Gasteiger partial charge in [-0.25, -0.2) is 0 Å². The van der Waals surface area contributed by atoms with Gasteiger partial charge in [-0.3, -0.25) is 9.59 Å². The molecule has 0 aromatic heterocycles. The Kier molecular flexibility index (Phi) is 6.55. The topological polar surface area (TPSA) is 58.2 Å². The van der Waals surface area contributed by atoms with Crippen LogP contribution < -0.4 is 10.6 Å². The highest BCUT2D eigenvalue weighted by Crippen LogP contribution is 2.17. The van der Waals surface area contributed by atoms with Crippen LogP contribution in [0.25, 0.3) is 0 Å². The monoisotopic (exact) mass is 324 g/mol. The summed E-state index contributed by atoms with van der Waals surface area (Å²) in [7, 11) is 0. The van der Waals surface area contributed by atoms with E-state index in [1.807, 2.05) is 49.4 Å². The first-order chi connectivity index (χ1) is 11.6. The van der Waals surface area contributed by atoms with Crippen molar-refractivity contribution in [3.63, 3.8) is 0 Å². The van der Waals surface area contributed by atoms with E-state index in [2.05, 4.69) is 17.6 Å². The van der Waals surface area contributed by atoms with Crippen molar-refractivity contribution in [2.75, 3.05) is 6.54 Å². The Morgan fingerprint density at radius 1 is 1.00 bits per heavy atom. The maximum Gasteiger partial charge on any atom is 0.251 e. The minimum absolute atomic E-state index is 0.0278. The standard InChI is InChI=1S/C20H24N2O2/c1-3-7-18(16-8-5-4-6-9-16)22-19(23)14-21-20(24)17-12-10-15(2)11-13-17/h4-6,8-13,18H,3,7,14H2,1-2H3,(H,21,24)(H,22,23). The first-order valence-electron chi connectivity index (χ1n) is 8.29. The SMILES string of the molecule is CCCC(NC(=O)CNC(=O)c1ccc(C)cc1)c1ccccc1. The predicted molar refractivity (Wildman–Crippen MR) is 95.7 cm³/mol. The van der Waals surface area contributed by atoms with Crippen molar-refractivity contribution in [3.8, 4) is 0 Å². The Morgan fingerprint density at radius 3 is 2.29 bits per heavy atom. The number of aryl methyl sites for hydroxylation is 1. The Hall–Kier alpha value is -2.62. The molecule has 0 saturated heterocycles. The summed E-state index contributed by atoms with van der Waals surface area (Å²) in [5.41, 5.74) is 2.73. The van der Waals surface area contributed by atoms with Gasteiger partial charge < -0.3 is 10.6 Å². The molecule has 0 aliphatic rings. The molecule has 0 aliphatic carbocycles. The van der Waals surface area contributed by atoms with Gasteiger partial charge in [-0.2, -0.15) is 0 Å². The van der Waals surface area contributed by atoms with Gasteiger partial charge in [0.25, 0.3) is 5.91 Å². The molecule has 0 heterocycles. The summed E-state index contributed by atoms with van der Waals surface area (Å²) in [5.74, 6) is -0.422. The van der Waals surface area contributed by atoms with Crippen LogP contribution in [0.5, 0.6) is 0 Å². The first kappa shape index (κ1) is 17.7. The highest BCUT2D eigenvalue weighted by atomic mass is 16.2. The molecule has 0 bridgehead atoms. The third kappa shape index (κ3) is 5.23. The van der Waals surface area contributed by atoms with Crippen LogP contribution in [0, 0.1) is 6.92 Å². The van der Waals surface area contributed by atoms with Crippen molar-refractivity contribution in [2.24, 2.45) is 0 Å². The maximum absolute atomic E-state index is 12.2. The van der Waals surface area contributed by atoms with E-state index in [1.165, 1.54) is 0 Å². The Bertz CT molecular complexity index is 666. The summed E-state index contributed by atoms with van der Waals surface area (Å²) < 4.78 is 0. The molecule has 24 heavy (non-hydrogen) atoms. The van der Waals surface area contributed by atoms with Gasteiger partial charge in [-0.1, -0.05) is 61.4 Å². The lowest BCUT2D eigenvalue weighted by Gasteiger charge is -2.18. The Balaban J connectivity index is 1.89. The molecule has 2 N–H and O–H groups in total. The molecule has 0 radical (unpaired) electrons. The number of amides is 2. The molecule has 0 saturated carbocycles. The summed E-state index contributed by atoms with van der Waals surface area (Å²) in [4.78, 5) is 24.2. The second-order valence-corrected chi connectivity index (χ2v) is 5.87. The van der Waals surface area contributed by atoms with Crippen LogP contribution in [0.15, 0.2) is 54.6 Å². The van der Waals surface area contributed by atoms with Gasteiger partial charge in [0.15, 0.2) is 0 Å². The largest absolute Gasteiger partial charge is 0.348 e. The maximum atomic E-state index is 12.2. The van der Waals surface area contributed by atoms with E-state index in [0.29, 0.717) is 5.56 Å². The first-order valence-corrected chi connectivity index (χ1v) is 8.29. The van der Waals surface area contributed by atoms with Gasteiger partial charge in [-0.05, 0) is 31.0 Å². The normalized spacial score (nSPS) is 11.6. The number of carbonyl (C=O) groups is 2. The third-order valence-electron chi connectivity index (χ3n) is 3.84. The number of benzene rings is 2. The Labute approximate surface area is 143 Å². The number of hydrogen-bond acceptors (Lipinski definition) is 2. The van der Waals surface area contributed by atoms with E-state index in [9.17, 15) is 9.59 Å². The lowest BCUT2D eigenvalue weighted by molar-refractivity contribution is -0.120. The minimum Gasteiger partial charge on any atom is -0.348 e. The highest BCUT2D eigenvalue weighted by Gasteiger charge is 2.14. The summed E-state index contributed by atoms with van der Waals surface area (Å²) >= 11 is 0. The molecule has 2 amide bonds. The summed E-state index contributed by atoms with van der Waals surface area (Å²) in [5, 5.41) is 5.66. The molecule has 4 heteroatoms. The van der Waals surface area contributed by atoms with Crippen molar-refractivity contribution in [3.05, 3.63) is 71.3 Å². The third-order valence-corrected chi connectivity index (χ3v) is 3.84. The van der Waals surface area contributed by atoms with Crippen LogP contribution in [0.1, 0.15) is 47.3 Å². The smallest absolute Gasteiger partial charge is 0.251 e. The molecule has 2 rings (SSSR count). The molecule has 2 aromatic carbocycles. The number of nitrogens with one attached hydrogen (secondary N) is 2. The molecule has 1 atom stereocenters. The van der Waals surface area contributed by atoms with Gasteiger partial charge in [0.05, 0.1) is 12.6 Å². The van der Waals surface area contributed by atoms with Gasteiger partial charge in [0, 0.05) is 5.56 Å². The van der Waals surface area contributed by atoms with Crippen molar-refractivity contribution < 1.29 is 9.59 Å². The van der Waals surface area contributed by atoms with Crippen molar-refractivity contribution in [1.82, 2.24) is 10.6 Å². The lowest BCUT2D eigenvalue weighted by Crippen LogP contribution is -2.38. The van der Waals surface area contributed by atoms with Gasteiger partial charge in [0.1, 0.15) is 0 Å². The van der Waals surface area contributed by atoms with Crippen LogP contribution in [0.2, 0.25) is 0 Å². The van der Waals surface area contributed by atoms with Crippen LogP contribution >= 0.6 is 0 Å². The minimum atomic E-state index is -0.239. The van der Waals surface area contributed by atoms with Crippen LogP contribution in [0.3, 0.4) is 0 Å². The average molecular weight is 324 g/mol. The summed E-state index contributed by atoms with van der Waals surface area (Å²) in [6, 6.07) is 17.1. The van der Waals surface area contributed by atoms with E-state index in [0.717, 1.165) is 24.0 Å². The van der Waals surface area contributed by atoms with Crippen molar-refractivity contribution in [1.29, 1.82) is 0 Å². The fourth-order valence-corrected chi connectivity index (χ4v) is 2.51. The molecule has 0 aliphatic heterocycles. The van der Waals surface area contributed by atoms with Crippen LogP contribution in [-0.4, -0.2) is 18.4 Å². The highest BCUT2D eigenvalue weighted by molar-refractivity contribution is 5.96. The molecule has 1 unspecified atom stereocenters. The average Bonchev–Trinajstić information content (AvgIpc) is 2.60. The molecule has 126 valence electrons. The number of hydrogen-bond donors (Lipinski definition) is 2. The van der Waals surface area contributed by atoms with Gasteiger partial charge in [-0.15, -0.1) is 0 Å². The number of carbonyl (C=O) groups excluding carboxylic acids is 2. The quantitative estimate of drug-likeness (QED) is 0.820. The molecular weight excluding hydrogens is 300 g/mol. The van der Waals surface area contributed by atoms with Crippen molar-refractivity contribution in [2.45, 2.75) is 32.7 Å². The zero-order valence-corrected chi connectivity index (χ0v) is 14.2. The zero-order valence-electron chi connectivity index (χ0n) is 14.2. The molecule has 2 aromatic rings. The van der Waals surface area contributed by atoms with E-state index >= 15 is 0 Å². The summed E-state index contributed by atoms with van der Waals surface area (Å²) in [6.45, 7) is 4.02. The number of rotatable bonds is 7. The van der Waals surface area contributed by atoms with Gasteiger partial charge >= 0.3 is 0 Å². The second-order valence-electron chi connectivity index (χ2n) is 5.87. The van der Waals surface area contributed by atoms with Crippen molar-refractivity contribution >= 4 is 11.8 Å². The van der Waals surface area contributed by atoms with E-state index in [4.69, 9.17) is 0 Å². The lowest BCUT2D eigenvalue weighted by atomic mass is 10.0. The van der Waals surface area contributed by atoms with E-state index < -0.39 is 0 Å². The molecule has 0 spiro atoms. The fourth-order valence-electron chi connectivity index (χ4n) is 2.51.